The quantitative estimate of drug-likeness (QED) is 0.805. The van der Waals surface area contributed by atoms with Gasteiger partial charge in [0.25, 0.3) is 0 Å². The molecule has 1 aromatic heterocycles. The van der Waals surface area contributed by atoms with Crippen molar-refractivity contribution in [3.05, 3.63) is 22.4 Å². The SMILES string of the molecule is OC(CC1CCCCC1)c1ccsc1. The predicted octanol–water partition coefficient (Wildman–Crippen LogP) is 3.75. The number of aliphatic hydroxyl groups excluding tert-OH is 1. The molecule has 0 aliphatic heterocycles. The van der Waals surface area contributed by atoms with Crippen molar-refractivity contribution in [2.75, 3.05) is 0 Å². The van der Waals surface area contributed by atoms with E-state index in [1.165, 1.54) is 32.1 Å². The number of hydrogen-bond acceptors (Lipinski definition) is 2. The first-order valence-corrected chi connectivity index (χ1v) is 6.50. The van der Waals surface area contributed by atoms with E-state index in [1.54, 1.807) is 11.3 Å². The smallest absolute Gasteiger partial charge is 0.0800 e. The van der Waals surface area contributed by atoms with Crippen molar-refractivity contribution in [3.8, 4) is 0 Å². The zero-order valence-corrected chi connectivity index (χ0v) is 9.30. The molecule has 2 rings (SSSR count). The second-order valence-electron chi connectivity index (χ2n) is 4.31. The first-order chi connectivity index (χ1) is 6.86. The van der Waals surface area contributed by atoms with E-state index in [0.29, 0.717) is 0 Å². The fourth-order valence-electron chi connectivity index (χ4n) is 2.34. The zero-order chi connectivity index (χ0) is 9.80. The highest BCUT2D eigenvalue weighted by molar-refractivity contribution is 7.07. The van der Waals surface area contributed by atoms with Gasteiger partial charge in [0.15, 0.2) is 0 Å². The Hall–Kier alpha value is -0.340. The third-order valence-electron chi connectivity index (χ3n) is 3.21. The van der Waals surface area contributed by atoms with Crippen LogP contribution in [0.4, 0.5) is 0 Å². The highest BCUT2D eigenvalue weighted by atomic mass is 32.1. The van der Waals surface area contributed by atoms with Gasteiger partial charge in [0, 0.05) is 0 Å². The summed E-state index contributed by atoms with van der Waals surface area (Å²) in [6.07, 6.45) is 7.51. The van der Waals surface area contributed by atoms with E-state index in [2.05, 4.69) is 5.38 Å². The summed E-state index contributed by atoms with van der Waals surface area (Å²) in [5, 5.41) is 14.1. The molecule has 2 heteroatoms. The number of rotatable bonds is 3. The average molecular weight is 210 g/mol. The Kier molecular flexibility index (Phi) is 3.60. The number of hydrogen-bond donors (Lipinski definition) is 1. The molecule has 78 valence electrons. The van der Waals surface area contributed by atoms with Gasteiger partial charge in [0.2, 0.25) is 0 Å². The lowest BCUT2D eigenvalue weighted by Crippen LogP contribution is -2.10. The molecule has 1 N–H and O–H groups in total. The van der Waals surface area contributed by atoms with Crippen molar-refractivity contribution in [2.24, 2.45) is 5.92 Å². The van der Waals surface area contributed by atoms with Crippen molar-refractivity contribution in [2.45, 2.75) is 44.6 Å². The fourth-order valence-corrected chi connectivity index (χ4v) is 3.05. The van der Waals surface area contributed by atoms with Crippen LogP contribution in [-0.2, 0) is 0 Å². The Morgan fingerprint density at radius 1 is 1.36 bits per heavy atom. The number of thiophene rings is 1. The van der Waals surface area contributed by atoms with E-state index in [0.717, 1.165) is 17.9 Å². The minimum Gasteiger partial charge on any atom is -0.388 e. The van der Waals surface area contributed by atoms with Crippen LogP contribution in [0.25, 0.3) is 0 Å². The minimum atomic E-state index is -0.218. The largest absolute Gasteiger partial charge is 0.388 e. The first-order valence-electron chi connectivity index (χ1n) is 5.56. The molecule has 0 bridgehead atoms. The molecule has 0 amide bonds. The van der Waals surface area contributed by atoms with Gasteiger partial charge in [0.1, 0.15) is 0 Å². The van der Waals surface area contributed by atoms with E-state index < -0.39 is 0 Å². The average Bonchev–Trinajstić information content (AvgIpc) is 2.72. The lowest BCUT2D eigenvalue weighted by Gasteiger charge is -2.23. The Labute approximate surface area is 89.8 Å². The van der Waals surface area contributed by atoms with Crippen molar-refractivity contribution >= 4 is 11.3 Å². The van der Waals surface area contributed by atoms with Gasteiger partial charge < -0.3 is 5.11 Å². The van der Waals surface area contributed by atoms with E-state index in [9.17, 15) is 5.11 Å². The van der Waals surface area contributed by atoms with Crippen LogP contribution in [0.5, 0.6) is 0 Å². The maximum absolute atomic E-state index is 9.97. The second-order valence-corrected chi connectivity index (χ2v) is 5.09. The molecule has 1 unspecified atom stereocenters. The van der Waals surface area contributed by atoms with Crippen LogP contribution in [0.15, 0.2) is 16.8 Å². The van der Waals surface area contributed by atoms with Gasteiger partial charge in [-0.2, -0.15) is 11.3 Å². The molecule has 0 saturated heterocycles. The van der Waals surface area contributed by atoms with Crippen molar-refractivity contribution in [1.82, 2.24) is 0 Å². The molecule has 0 radical (unpaired) electrons. The van der Waals surface area contributed by atoms with Gasteiger partial charge in [-0.05, 0) is 34.7 Å². The van der Waals surface area contributed by atoms with Crippen LogP contribution in [-0.4, -0.2) is 5.11 Å². The molecule has 1 fully saturated rings. The van der Waals surface area contributed by atoms with Crippen molar-refractivity contribution < 1.29 is 5.11 Å². The van der Waals surface area contributed by atoms with Crippen molar-refractivity contribution in [3.63, 3.8) is 0 Å². The lowest BCUT2D eigenvalue weighted by atomic mass is 9.84. The highest BCUT2D eigenvalue weighted by Gasteiger charge is 2.18. The van der Waals surface area contributed by atoms with Crippen LogP contribution in [0.1, 0.15) is 50.2 Å². The summed E-state index contributed by atoms with van der Waals surface area (Å²) in [5.41, 5.74) is 1.11. The topological polar surface area (TPSA) is 20.2 Å². The van der Waals surface area contributed by atoms with E-state index in [-0.39, 0.29) is 6.10 Å². The van der Waals surface area contributed by atoms with E-state index in [1.807, 2.05) is 11.4 Å². The monoisotopic (exact) mass is 210 g/mol. The summed E-state index contributed by atoms with van der Waals surface area (Å²) in [7, 11) is 0. The maximum Gasteiger partial charge on any atom is 0.0800 e. The third kappa shape index (κ3) is 2.58. The van der Waals surface area contributed by atoms with Gasteiger partial charge in [0.05, 0.1) is 6.10 Å². The third-order valence-corrected chi connectivity index (χ3v) is 3.91. The predicted molar refractivity (Wildman–Crippen MR) is 60.5 cm³/mol. The standard InChI is InChI=1S/C12H18OS/c13-12(11-6-7-14-9-11)8-10-4-2-1-3-5-10/h6-7,9-10,12-13H,1-5,8H2. The Bertz CT molecular complexity index is 249. The molecule has 1 saturated carbocycles. The summed E-state index contributed by atoms with van der Waals surface area (Å²) >= 11 is 1.67. The maximum atomic E-state index is 9.97. The summed E-state index contributed by atoms with van der Waals surface area (Å²) in [6.45, 7) is 0. The van der Waals surface area contributed by atoms with Gasteiger partial charge in [-0.25, -0.2) is 0 Å². The molecule has 1 atom stereocenters. The van der Waals surface area contributed by atoms with E-state index in [4.69, 9.17) is 0 Å². The minimum absolute atomic E-state index is 0.218. The van der Waals surface area contributed by atoms with Gasteiger partial charge in [-0.3, -0.25) is 0 Å². The number of aliphatic hydroxyl groups is 1. The molecule has 1 aliphatic rings. The summed E-state index contributed by atoms with van der Waals surface area (Å²) in [5.74, 6) is 0.763. The normalized spacial score (nSPS) is 20.9. The molecular weight excluding hydrogens is 192 g/mol. The van der Waals surface area contributed by atoms with Crippen LogP contribution in [0, 0.1) is 5.92 Å². The second kappa shape index (κ2) is 4.94. The van der Waals surface area contributed by atoms with Crippen LogP contribution in [0.2, 0.25) is 0 Å². The summed E-state index contributed by atoms with van der Waals surface area (Å²) < 4.78 is 0. The first kappa shape index (κ1) is 10.2. The molecule has 0 spiro atoms. The molecular formula is C12H18OS. The Morgan fingerprint density at radius 3 is 2.79 bits per heavy atom. The summed E-state index contributed by atoms with van der Waals surface area (Å²) in [4.78, 5) is 0. The Morgan fingerprint density at radius 2 is 2.14 bits per heavy atom. The van der Waals surface area contributed by atoms with Gasteiger partial charge in [-0.1, -0.05) is 32.1 Å². The molecule has 14 heavy (non-hydrogen) atoms. The molecule has 1 heterocycles. The van der Waals surface area contributed by atoms with Crippen LogP contribution in [0.3, 0.4) is 0 Å². The molecule has 1 aliphatic carbocycles. The summed E-state index contributed by atoms with van der Waals surface area (Å²) in [6, 6.07) is 2.04. The molecule has 0 aromatic carbocycles. The molecule has 1 aromatic rings. The van der Waals surface area contributed by atoms with Crippen LogP contribution < -0.4 is 0 Å². The zero-order valence-electron chi connectivity index (χ0n) is 8.48. The van der Waals surface area contributed by atoms with Gasteiger partial charge in [-0.15, -0.1) is 0 Å². The lowest BCUT2D eigenvalue weighted by molar-refractivity contribution is 0.132. The van der Waals surface area contributed by atoms with E-state index >= 15 is 0 Å². The molecule has 1 nitrogen and oxygen atoms in total. The van der Waals surface area contributed by atoms with Crippen molar-refractivity contribution in [1.29, 1.82) is 0 Å². The fraction of sp³-hybridized carbons (Fsp3) is 0.667. The Balaban J connectivity index is 1.84. The highest BCUT2D eigenvalue weighted by Crippen LogP contribution is 2.32. The van der Waals surface area contributed by atoms with Gasteiger partial charge >= 0.3 is 0 Å². The van der Waals surface area contributed by atoms with Crippen LogP contribution >= 0.6 is 11.3 Å².